The molecular weight excluding hydrogens is 444 g/mol. The van der Waals surface area contributed by atoms with E-state index in [9.17, 15) is 9.59 Å². The highest BCUT2D eigenvalue weighted by atomic mass is 35.5. The van der Waals surface area contributed by atoms with Gasteiger partial charge in [-0.05, 0) is 47.7 Å². The SMILES string of the molecule is C=CC(=O)N1CCN2C(=O)c3cc(Cl)c(-c4cccc5scc(C)c45)cc3OCC[C@H]2C1. The summed E-state index contributed by atoms with van der Waals surface area (Å²) < 4.78 is 7.29. The van der Waals surface area contributed by atoms with E-state index in [4.69, 9.17) is 16.3 Å². The molecule has 1 fully saturated rings. The molecule has 0 N–H and O–H groups in total. The molecule has 164 valence electrons. The first-order valence-electron chi connectivity index (χ1n) is 10.6. The first-order valence-corrected chi connectivity index (χ1v) is 11.9. The van der Waals surface area contributed by atoms with Gasteiger partial charge in [-0.25, -0.2) is 0 Å². The van der Waals surface area contributed by atoms with E-state index >= 15 is 0 Å². The zero-order valence-corrected chi connectivity index (χ0v) is 19.3. The second-order valence-corrected chi connectivity index (χ2v) is 9.52. The van der Waals surface area contributed by atoms with Gasteiger partial charge in [-0.2, -0.15) is 0 Å². The van der Waals surface area contributed by atoms with Crippen LogP contribution in [-0.4, -0.2) is 53.9 Å². The van der Waals surface area contributed by atoms with Crippen molar-refractivity contribution in [1.29, 1.82) is 0 Å². The maximum absolute atomic E-state index is 13.5. The fraction of sp³-hybridized carbons (Fsp3) is 0.280. The zero-order valence-electron chi connectivity index (χ0n) is 17.8. The van der Waals surface area contributed by atoms with Gasteiger partial charge in [-0.15, -0.1) is 11.3 Å². The molecule has 0 aliphatic carbocycles. The third-order valence-corrected chi connectivity index (χ3v) is 7.69. The maximum Gasteiger partial charge on any atom is 0.258 e. The van der Waals surface area contributed by atoms with Crippen molar-refractivity contribution in [2.75, 3.05) is 26.2 Å². The summed E-state index contributed by atoms with van der Waals surface area (Å²) in [6.45, 7) is 7.59. The Labute approximate surface area is 195 Å². The largest absolute Gasteiger partial charge is 0.493 e. The number of aryl methyl sites for hydroxylation is 1. The summed E-state index contributed by atoms with van der Waals surface area (Å²) in [5.74, 6) is 0.349. The topological polar surface area (TPSA) is 49.9 Å². The number of fused-ring (bicyclic) bond motifs is 3. The lowest BCUT2D eigenvalue weighted by Gasteiger charge is -2.42. The van der Waals surface area contributed by atoms with E-state index in [1.54, 1.807) is 22.3 Å². The molecule has 0 saturated carbocycles. The molecule has 1 saturated heterocycles. The van der Waals surface area contributed by atoms with Crippen molar-refractivity contribution in [1.82, 2.24) is 9.80 Å². The van der Waals surface area contributed by atoms with Crippen LogP contribution in [0, 0.1) is 6.92 Å². The minimum atomic E-state index is -0.105. The van der Waals surface area contributed by atoms with Gasteiger partial charge in [0.2, 0.25) is 5.91 Å². The monoisotopic (exact) mass is 466 g/mol. The second kappa shape index (κ2) is 8.26. The standard InChI is InChI=1S/C25H23ClN2O3S/c1-3-23(29)27-8-9-28-16(13-27)7-10-31-21-12-18(20(26)11-19(21)25(28)30)17-5-4-6-22-24(17)15(2)14-32-22/h3-6,11-12,14,16H,1,7-10,13H2,2H3/t16-/m0/s1. The highest BCUT2D eigenvalue weighted by Gasteiger charge is 2.35. The Morgan fingerprint density at radius 3 is 2.91 bits per heavy atom. The molecule has 3 aromatic rings. The Morgan fingerprint density at radius 1 is 1.25 bits per heavy atom. The number of hydrogen-bond donors (Lipinski definition) is 0. The van der Waals surface area contributed by atoms with Crippen molar-refractivity contribution in [3.63, 3.8) is 0 Å². The molecule has 2 aliphatic heterocycles. The lowest BCUT2D eigenvalue weighted by atomic mass is 9.97. The summed E-state index contributed by atoms with van der Waals surface area (Å²) in [6, 6.07) is 9.74. The number of nitrogens with zero attached hydrogens (tertiary/aromatic N) is 2. The van der Waals surface area contributed by atoms with Crippen molar-refractivity contribution < 1.29 is 14.3 Å². The molecule has 2 aromatic carbocycles. The Hall–Kier alpha value is -2.83. The predicted molar refractivity (Wildman–Crippen MR) is 129 cm³/mol. The first-order chi connectivity index (χ1) is 15.5. The van der Waals surface area contributed by atoms with Crippen molar-refractivity contribution in [3.8, 4) is 16.9 Å². The Morgan fingerprint density at radius 2 is 2.09 bits per heavy atom. The van der Waals surface area contributed by atoms with Crippen molar-refractivity contribution in [3.05, 3.63) is 64.5 Å². The van der Waals surface area contributed by atoms with Gasteiger partial charge >= 0.3 is 0 Å². The number of hydrogen-bond acceptors (Lipinski definition) is 4. The number of piperazine rings is 1. The number of amides is 2. The van der Waals surface area contributed by atoms with Crippen LogP contribution in [0.25, 0.3) is 21.2 Å². The molecule has 5 rings (SSSR count). The molecule has 5 nitrogen and oxygen atoms in total. The molecule has 0 spiro atoms. The molecule has 1 atom stereocenters. The van der Waals surface area contributed by atoms with Gasteiger partial charge in [-0.3, -0.25) is 9.59 Å². The van der Waals surface area contributed by atoms with Gasteiger partial charge in [0.25, 0.3) is 5.91 Å². The van der Waals surface area contributed by atoms with Crippen LogP contribution in [-0.2, 0) is 4.79 Å². The molecule has 0 unspecified atom stereocenters. The summed E-state index contributed by atoms with van der Waals surface area (Å²) in [4.78, 5) is 29.1. The molecule has 0 bridgehead atoms. The maximum atomic E-state index is 13.5. The van der Waals surface area contributed by atoms with Crippen LogP contribution in [0.15, 0.2) is 48.4 Å². The first kappa shape index (κ1) is 21.0. The van der Waals surface area contributed by atoms with Gasteiger partial charge < -0.3 is 14.5 Å². The molecule has 32 heavy (non-hydrogen) atoms. The fourth-order valence-electron chi connectivity index (χ4n) is 4.68. The van der Waals surface area contributed by atoms with Gasteiger partial charge in [-0.1, -0.05) is 30.3 Å². The molecular formula is C25H23ClN2O3S. The highest BCUT2D eigenvalue weighted by molar-refractivity contribution is 7.17. The molecule has 1 aromatic heterocycles. The number of carbonyl (C=O) groups is 2. The predicted octanol–water partition coefficient (Wildman–Crippen LogP) is 5.15. The van der Waals surface area contributed by atoms with Crippen molar-refractivity contribution in [2.45, 2.75) is 19.4 Å². The molecule has 2 amide bonds. The Kier molecular flexibility index (Phi) is 5.43. The van der Waals surface area contributed by atoms with E-state index in [-0.39, 0.29) is 17.9 Å². The third kappa shape index (κ3) is 3.48. The lowest BCUT2D eigenvalue weighted by Crippen LogP contribution is -2.57. The fourth-order valence-corrected chi connectivity index (χ4v) is 5.91. The summed E-state index contributed by atoms with van der Waals surface area (Å²) in [6.07, 6.45) is 1.98. The molecule has 0 radical (unpaired) electrons. The van der Waals surface area contributed by atoms with Crippen molar-refractivity contribution >= 4 is 44.8 Å². The molecule has 3 heterocycles. The van der Waals surface area contributed by atoms with Crippen molar-refractivity contribution in [2.24, 2.45) is 0 Å². The number of rotatable bonds is 2. The Bertz CT molecular complexity index is 1250. The number of benzene rings is 2. The van der Waals surface area contributed by atoms with E-state index in [0.29, 0.717) is 49.0 Å². The van der Waals surface area contributed by atoms with Gasteiger partial charge in [0, 0.05) is 46.7 Å². The van der Waals surface area contributed by atoms with Gasteiger partial charge in [0.1, 0.15) is 5.75 Å². The smallest absolute Gasteiger partial charge is 0.258 e. The van der Waals surface area contributed by atoms with E-state index < -0.39 is 0 Å². The summed E-state index contributed by atoms with van der Waals surface area (Å²) in [7, 11) is 0. The number of thiophene rings is 1. The van der Waals surface area contributed by atoms with Crippen LogP contribution in [0.1, 0.15) is 22.3 Å². The Balaban J connectivity index is 1.53. The van der Waals surface area contributed by atoms with Gasteiger partial charge in [0.05, 0.1) is 18.2 Å². The van der Waals surface area contributed by atoms with Gasteiger partial charge in [0.15, 0.2) is 0 Å². The average Bonchev–Trinajstić information content (AvgIpc) is 3.19. The summed E-state index contributed by atoms with van der Waals surface area (Å²) >= 11 is 8.46. The van der Waals surface area contributed by atoms with Crippen LogP contribution in [0.4, 0.5) is 0 Å². The molecule has 2 aliphatic rings. The number of ether oxygens (including phenoxy) is 1. The minimum Gasteiger partial charge on any atom is -0.493 e. The van der Waals surface area contributed by atoms with Crippen LogP contribution < -0.4 is 4.74 Å². The van der Waals surface area contributed by atoms with Crippen LogP contribution in [0.3, 0.4) is 0 Å². The molecule has 7 heteroatoms. The third-order valence-electron chi connectivity index (χ3n) is 6.31. The minimum absolute atomic E-state index is 0.0889. The van der Waals surface area contributed by atoms with Crippen LogP contribution in [0.2, 0.25) is 5.02 Å². The van der Waals surface area contributed by atoms with Crippen LogP contribution in [0.5, 0.6) is 5.75 Å². The number of carbonyl (C=O) groups excluding carboxylic acids is 2. The zero-order chi connectivity index (χ0) is 22.4. The lowest BCUT2D eigenvalue weighted by molar-refractivity contribution is -0.128. The van der Waals surface area contributed by atoms with E-state index in [1.807, 2.05) is 17.0 Å². The van der Waals surface area contributed by atoms with E-state index in [0.717, 1.165) is 11.1 Å². The van der Waals surface area contributed by atoms with Crippen LogP contribution >= 0.6 is 22.9 Å². The second-order valence-electron chi connectivity index (χ2n) is 8.20. The van der Waals surface area contributed by atoms with E-state index in [1.165, 1.54) is 21.7 Å². The normalized spacial score (nSPS) is 18.4. The number of halogens is 1. The highest BCUT2D eigenvalue weighted by Crippen LogP contribution is 2.41. The summed E-state index contributed by atoms with van der Waals surface area (Å²) in [5, 5.41) is 3.85. The van der Waals surface area contributed by atoms with E-state index in [2.05, 4.69) is 31.0 Å². The quantitative estimate of drug-likeness (QED) is 0.490. The summed E-state index contributed by atoms with van der Waals surface area (Å²) in [5.41, 5.74) is 3.58. The average molecular weight is 467 g/mol.